The number of aliphatic hydroxyl groups excluding tert-OH is 1. The summed E-state index contributed by atoms with van der Waals surface area (Å²) in [6.07, 6.45) is 1.87. The van der Waals surface area contributed by atoms with Crippen molar-refractivity contribution in [3.8, 4) is 0 Å². The van der Waals surface area contributed by atoms with Crippen LogP contribution in [-0.4, -0.2) is 83.8 Å². The van der Waals surface area contributed by atoms with Crippen molar-refractivity contribution in [1.29, 1.82) is 0 Å². The van der Waals surface area contributed by atoms with Crippen LogP contribution in [0.1, 0.15) is 84.7 Å². The molecule has 6 heterocycles. The van der Waals surface area contributed by atoms with Gasteiger partial charge in [0.25, 0.3) is 5.91 Å². The maximum atomic E-state index is 13.5. The number of aromatic nitrogens is 5. The number of carbonyl (C=O) groups is 2. The van der Waals surface area contributed by atoms with Gasteiger partial charge in [0.2, 0.25) is 5.91 Å². The molecule has 13 nitrogen and oxygen atoms in total. The van der Waals surface area contributed by atoms with Crippen molar-refractivity contribution in [3.05, 3.63) is 88.2 Å². The van der Waals surface area contributed by atoms with Crippen LogP contribution >= 0.6 is 0 Å². The lowest BCUT2D eigenvalue weighted by Crippen LogP contribution is -2.62. The van der Waals surface area contributed by atoms with Gasteiger partial charge >= 0.3 is 11.9 Å². The molecule has 3 aliphatic heterocycles. The number of piperidine rings is 1. The van der Waals surface area contributed by atoms with Gasteiger partial charge in [0.15, 0.2) is 0 Å². The van der Waals surface area contributed by atoms with Crippen LogP contribution in [0.4, 0.5) is 18.9 Å². The van der Waals surface area contributed by atoms with E-state index in [0.717, 1.165) is 91.4 Å². The summed E-state index contributed by atoms with van der Waals surface area (Å²) < 4.78 is 51.1. The van der Waals surface area contributed by atoms with Crippen molar-refractivity contribution in [2.24, 2.45) is 13.0 Å². The number of hydrogen-bond donors (Lipinski definition) is 3. The first-order chi connectivity index (χ1) is 26.8. The van der Waals surface area contributed by atoms with Gasteiger partial charge < -0.3 is 20.5 Å². The first-order valence-electron chi connectivity index (χ1n) is 19.2. The topological polar surface area (TPSA) is 149 Å². The molecule has 2 aromatic carbocycles. The molecule has 3 unspecified atom stereocenters. The number of aryl methyl sites for hydroxylation is 1. The Morgan fingerprint density at radius 2 is 1.84 bits per heavy atom. The minimum absolute atomic E-state index is 0.137. The number of benzene rings is 2. The van der Waals surface area contributed by atoms with E-state index >= 15 is 0 Å². The number of carbonyl (C=O) groups excluding carboxylic acids is 2. The molecule has 1 aliphatic carbocycles. The molecule has 0 radical (unpaired) electrons. The minimum atomic E-state index is -4.64. The van der Waals surface area contributed by atoms with E-state index in [1.54, 1.807) is 34.4 Å². The van der Waals surface area contributed by atoms with Crippen LogP contribution in [0.25, 0.3) is 21.9 Å². The smallest absolute Gasteiger partial charge is 0.372 e. The average molecular weight is 773 g/mol. The molecule has 4 aliphatic rings. The summed E-state index contributed by atoms with van der Waals surface area (Å²) >= 11 is 0. The van der Waals surface area contributed by atoms with Crippen molar-refractivity contribution in [3.63, 3.8) is 0 Å². The Kier molecular flexibility index (Phi) is 9.04. The second kappa shape index (κ2) is 13.8. The third-order valence-electron chi connectivity index (χ3n) is 12.2. The highest BCUT2D eigenvalue weighted by molar-refractivity contribution is 6.03. The number of rotatable bonds is 7. The van der Waals surface area contributed by atoms with Crippen LogP contribution in [0.3, 0.4) is 0 Å². The number of pyridine rings is 1. The first-order valence-corrected chi connectivity index (χ1v) is 19.2. The van der Waals surface area contributed by atoms with Crippen LogP contribution in [0.2, 0.25) is 0 Å². The average Bonchev–Trinajstić information content (AvgIpc) is 3.86. The van der Waals surface area contributed by atoms with Crippen molar-refractivity contribution >= 4 is 39.4 Å². The van der Waals surface area contributed by atoms with Crippen LogP contribution < -0.4 is 16.3 Å². The van der Waals surface area contributed by atoms with Gasteiger partial charge in [0.05, 0.1) is 40.8 Å². The molecular weight excluding hydrogens is 729 g/mol. The molecule has 0 bridgehead atoms. The molecule has 4 fully saturated rings. The number of fused-ring (bicyclic) bond motifs is 2. The lowest BCUT2D eigenvalue weighted by Gasteiger charge is -2.49. The summed E-state index contributed by atoms with van der Waals surface area (Å²) in [5.74, 6) is -0.231. The van der Waals surface area contributed by atoms with E-state index in [0.29, 0.717) is 24.6 Å². The molecule has 294 valence electrons. The molecule has 3 atom stereocenters. The monoisotopic (exact) mass is 772 g/mol. The zero-order valence-corrected chi connectivity index (χ0v) is 30.8. The summed E-state index contributed by atoms with van der Waals surface area (Å²) in [7, 11) is 1.77. The number of halogens is 3. The Balaban J connectivity index is 0.786. The molecule has 3 aromatic heterocycles. The molecule has 3 saturated heterocycles. The van der Waals surface area contributed by atoms with Gasteiger partial charge in [-0.15, -0.1) is 0 Å². The van der Waals surface area contributed by atoms with Crippen molar-refractivity contribution in [1.82, 2.24) is 34.1 Å². The second-order valence-electron chi connectivity index (χ2n) is 16.0. The van der Waals surface area contributed by atoms with Crippen molar-refractivity contribution in [2.45, 2.75) is 81.0 Å². The van der Waals surface area contributed by atoms with Gasteiger partial charge in [-0.25, -0.2) is 9.78 Å². The highest BCUT2D eigenvalue weighted by Crippen LogP contribution is 2.45. The molecule has 56 heavy (non-hydrogen) atoms. The highest BCUT2D eigenvalue weighted by atomic mass is 19.4. The SMILES string of the molecule is Cn1c(=O)n(C2CCC(=O)NC2O)c2cccc(C3COC4(C3)CN(CC3CCC(n5cc6cc(NC(=O)c7cccc(C(F)(F)F)n7)ccc6n5)CC3)C4)c21. The number of anilines is 1. The fourth-order valence-electron chi connectivity index (χ4n) is 9.50. The Morgan fingerprint density at radius 3 is 2.61 bits per heavy atom. The number of hydrogen-bond acceptors (Lipinski definition) is 8. The number of amides is 2. The first kappa shape index (κ1) is 36.6. The molecule has 1 saturated carbocycles. The zero-order valence-electron chi connectivity index (χ0n) is 30.8. The lowest BCUT2D eigenvalue weighted by molar-refractivity contribution is -0.141. The Morgan fingerprint density at radius 1 is 1.05 bits per heavy atom. The maximum Gasteiger partial charge on any atom is 0.433 e. The largest absolute Gasteiger partial charge is 0.433 e. The van der Waals surface area contributed by atoms with Crippen LogP contribution in [0.15, 0.2) is 65.6 Å². The van der Waals surface area contributed by atoms with Crippen molar-refractivity contribution < 1.29 is 32.6 Å². The predicted molar refractivity (Wildman–Crippen MR) is 200 cm³/mol. The standard InChI is InChI=1S/C40H43F3N8O5/c1-48-35-28(4-2-6-31(35)51(38(48)55)32-14-15-34(52)46-37(32)54)25-17-39(56-20-25)21-49(22-39)18-23-8-11-27(12-9-23)50-19-24-16-26(10-13-29(24)47-50)44-36(53)30-5-3-7-33(45-30)40(41,42)43/h2-7,10,13,16,19,23,25,27,32,37,54H,8-9,11-12,14-15,17-18,20-22H2,1H3,(H,44,53)(H,46,52). The number of aliphatic hydroxyl groups is 1. The molecule has 16 heteroatoms. The number of nitrogens with zero attached hydrogens (tertiary/aromatic N) is 6. The van der Waals surface area contributed by atoms with E-state index in [1.807, 2.05) is 23.0 Å². The predicted octanol–water partition coefficient (Wildman–Crippen LogP) is 5.12. The van der Waals surface area contributed by atoms with E-state index in [-0.39, 0.29) is 41.3 Å². The summed E-state index contributed by atoms with van der Waals surface area (Å²) in [4.78, 5) is 44.0. The third kappa shape index (κ3) is 6.66. The lowest BCUT2D eigenvalue weighted by atomic mass is 9.81. The molecule has 2 amide bonds. The number of nitrogens with one attached hydrogen (secondary N) is 2. The number of para-hydroxylation sites is 1. The normalized spacial score (nSPS) is 25.4. The van der Waals surface area contributed by atoms with Gasteiger partial charge in [-0.1, -0.05) is 18.2 Å². The molecule has 1 spiro atoms. The fourth-order valence-corrected chi connectivity index (χ4v) is 9.50. The van der Waals surface area contributed by atoms with Crippen molar-refractivity contribution in [2.75, 3.05) is 31.6 Å². The minimum Gasteiger partial charge on any atom is -0.372 e. The third-order valence-corrected chi connectivity index (χ3v) is 12.2. The fraction of sp³-hybridized carbons (Fsp3) is 0.475. The number of imidazole rings is 1. The maximum absolute atomic E-state index is 13.5. The Bertz CT molecular complexity index is 2390. The van der Waals surface area contributed by atoms with Gasteiger partial charge in [-0.05, 0) is 86.4 Å². The molecular formula is C40H43F3N8O5. The van der Waals surface area contributed by atoms with Gasteiger partial charge in [0, 0.05) is 56.3 Å². The van der Waals surface area contributed by atoms with Crippen LogP contribution in [-0.2, 0) is 22.8 Å². The summed E-state index contributed by atoms with van der Waals surface area (Å²) in [5.41, 5.74) is 2.06. The van der Waals surface area contributed by atoms with Gasteiger partial charge in [0.1, 0.15) is 17.6 Å². The molecule has 5 aromatic rings. The van der Waals surface area contributed by atoms with Crippen LogP contribution in [0.5, 0.6) is 0 Å². The summed E-state index contributed by atoms with van der Waals surface area (Å²) in [5, 5.41) is 21.5. The molecule has 9 rings (SSSR count). The number of likely N-dealkylation sites (tertiary alicyclic amines) is 1. The number of ether oxygens (including phenoxy) is 1. The second-order valence-corrected chi connectivity index (χ2v) is 16.0. The quantitative estimate of drug-likeness (QED) is 0.207. The van der Waals surface area contributed by atoms with E-state index in [1.165, 1.54) is 6.07 Å². The van der Waals surface area contributed by atoms with Crippen LogP contribution in [0, 0.1) is 5.92 Å². The Hall–Kier alpha value is -5.06. The summed E-state index contributed by atoms with van der Waals surface area (Å²) in [6.45, 7) is 3.35. The van der Waals surface area contributed by atoms with Gasteiger partial charge in [-0.2, -0.15) is 18.3 Å². The van der Waals surface area contributed by atoms with E-state index in [2.05, 4.69) is 26.6 Å². The number of alkyl halides is 3. The summed E-state index contributed by atoms with van der Waals surface area (Å²) in [6, 6.07) is 14.2. The van der Waals surface area contributed by atoms with Gasteiger partial charge in [-0.3, -0.25) is 28.3 Å². The van der Waals surface area contributed by atoms with E-state index in [9.17, 15) is 32.7 Å². The molecule has 3 N–H and O–H groups in total. The van der Waals surface area contributed by atoms with E-state index in [4.69, 9.17) is 9.84 Å². The Labute approximate surface area is 319 Å². The zero-order chi connectivity index (χ0) is 38.9. The highest BCUT2D eigenvalue weighted by Gasteiger charge is 2.50. The van der Waals surface area contributed by atoms with E-state index < -0.39 is 30.0 Å².